The molecule has 2 N–H and O–H groups in total. The molecule has 2 atom stereocenters. The first-order valence-electron chi connectivity index (χ1n) is 5.11. The van der Waals surface area contributed by atoms with Gasteiger partial charge in [0.2, 0.25) is 0 Å². The molecule has 1 saturated heterocycles. The van der Waals surface area contributed by atoms with E-state index in [1.807, 2.05) is 20.8 Å². The lowest BCUT2D eigenvalue weighted by Gasteiger charge is -2.23. The van der Waals surface area contributed by atoms with E-state index < -0.39 is 5.60 Å². The molecule has 0 radical (unpaired) electrons. The third-order valence-corrected chi connectivity index (χ3v) is 2.23. The number of rotatable bonds is 1. The fourth-order valence-corrected chi connectivity index (χ4v) is 1.51. The zero-order valence-electron chi connectivity index (χ0n) is 9.39. The maximum atomic E-state index is 11.4. The number of carbonyl (C=O) groups excluding carboxylic acids is 1. The second-order valence-electron chi connectivity index (χ2n) is 4.78. The first-order valence-corrected chi connectivity index (χ1v) is 5.11. The smallest absolute Gasteiger partial charge is 0.407 e. The van der Waals surface area contributed by atoms with E-state index in [1.165, 1.54) is 0 Å². The molecule has 0 unspecified atom stereocenters. The van der Waals surface area contributed by atoms with Gasteiger partial charge in [-0.25, -0.2) is 4.79 Å². The third kappa shape index (κ3) is 3.54. The maximum absolute atomic E-state index is 11.4. The average molecular weight is 200 g/mol. The van der Waals surface area contributed by atoms with Crippen LogP contribution in [0.1, 0.15) is 34.1 Å². The highest BCUT2D eigenvalue weighted by molar-refractivity contribution is 5.68. The Labute approximate surface area is 85.4 Å². The Morgan fingerprint density at radius 3 is 2.57 bits per heavy atom. The number of hydrogen-bond donors (Lipinski definition) is 2. The van der Waals surface area contributed by atoms with Crippen molar-refractivity contribution in [3.63, 3.8) is 0 Å². The van der Waals surface area contributed by atoms with Gasteiger partial charge in [0.05, 0.1) is 0 Å². The van der Waals surface area contributed by atoms with E-state index >= 15 is 0 Å². The summed E-state index contributed by atoms with van der Waals surface area (Å²) in [5, 5.41) is 6.13. The molecule has 1 rings (SSSR count). The molecule has 0 aromatic carbocycles. The average Bonchev–Trinajstić information content (AvgIpc) is 2.32. The number of hydrogen-bond acceptors (Lipinski definition) is 3. The summed E-state index contributed by atoms with van der Waals surface area (Å²) in [6.07, 6.45) is 0.651. The van der Waals surface area contributed by atoms with Crippen LogP contribution in [0.25, 0.3) is 0 Å². The minimum atomic E-state index is -0.417. The molecule has 4 heteroatoms. The summed E-state index contributed by atoms with van der Waals surface area (Å²) in [4.78, 5) is 11.4. The lowest BCUT2D eigenvalue weighted by Crippen LogP contribution is -2.44. The molecule has 14 heavy (non-hydrogen) atoms. The van der Waals surface area contributed by atoms with Gasteiger partial charge in [-0.1, -0.05) is 0 Å². The summed E-state index contributed by atoms with van der Waals surface area (Å²) in [7, 11) is 0. The quantitative estimate of drug-likeness (QED) is 0.670. The largest absolute Gasteiger partial charge is 0.444 e. The number of ether oxygens (including phenoxy) is 1. The van der Waals surface area contributed by atoms with Crippen LogP contribution < -0.4 is 10.6 Å². The van der Waals surface area contributed by atoms with Crippen molar-refractivity contribution < 1.29 is 9.53 Å². The Kier molecular flexibility index (Phi) is 3.37. The van der Waals surface area contributed by atoms with Crippen LogP contribution >= 0.6 is 0 Å². The molecular weight excluding hydrogens is 180 g/mol. The standard InChI is InChI=1S/C10H20N2O2/c1-7-8(5-6-11-7)12-9(13)14-10(2,3)4/h7-8,11H,5-6H2,1-4H3,(H,12,13)/t7-,8+/m1/s1. The predicted octanol–water partition coefficient (Wildman–Crippen LogP) is 1.26. The molecule has 0 aromatic heterocycles. The molecule has 0 spiro atoms. The van der Waals surface area contributed by atoms with Crippen LogP contribution in [0.15, 0.2) is 0 Å². The number of nitrogens with one attached hydrogen (secondary N) is 2. The second kappa shape index (κ2) is 4.17. The highest BCUT2D eigenvalue weighted by atomic mass is 16.6. The van der Waals surface area contributed by atoms with Gasteiger partial charge in [-0.15, -0.1) is 0 Å². The molecule has 1 amide bonds. The summed E-state index contributed by atoms with van der Waals surface area (Å²) < 4.78 is 5.17. The molecule has 0 saturated carbocycles. The van der Waals surface area contributed by atoms with Gasteiger partial charge in [-0.05, 0) is 40.7 Å². The Morgan fingerprint density at radius 2 is 2.14 bits per heavy atom. The normalized spacial score (nSPS) is 27.4. The van der Waals surface area contributed by atoms with Crippen LogP contribution in [0.5, 0.6) is 0 Å². The van der Waals surface area contributed by atoms with Gasteiger partial charge in [0, 0.05) is 12.1 Å². The van der Waals surface area contributed by atoms with Crippen molar-refractivity contribution in [3.05, 3.63) is 0 Å². The molecule has 0 aliphatic carbocycles. The van der Waals surface area contributed by atoms with Crippen molar-refractivity contribution in [2.45, 2.75) is 51.8 Å². The zero-order valence-corrected chi connectivity index (χ0v) is 9.39. The van der Waals surface area contributed by atoms with Crippen LogP contribution in [0.3, 0.4) is 0 Å². The fraction of sp³-hybridized carbons (Fsp3) is 0.900. The van der Waals surface area contributed by atoms with Crippen molar-refractivity contribution in [1.29, 1.82) is 0 Å². The predicted molar refractivity (Wildman–Crippen MR) is 55.2 cm³/mol. The third-order valence-electron chi connectivity index (χ3n) is 2.23. The highest BCUT2D eigenvalue weighted by Gasteiger charge is 2.26. The van der Waals surface area contributed by atoms with E-state index in [9.17, 15) is 4.79 Å². The van der Waals surface area contributed by atoms with E-state index in [1.54, 1.807) is 0 Å². The molecule has 1 heterocycles. The number of carbonyl (C=O) groups is 1. The Balaban J connectivity index is 2.33. The van der Waals surface area contributed by atoms with E-state index in [0.717, 1.165) is 13.0 Å². The minimum Gasteiger partial charge on any atom is -0.444 e. The zero-order chi connectivity index (χ0) is 10.8. The van der Waals surface area contributed by atoms with Crippen LogP contribution in [0.2, 0.25) is 0 Å². The van der Waals surface area contributed by atoms with Gasteiger partial charge in [0.25, 0.3) is 0 Å². The maximum Gasteiger partial charge on any atom is 0.407 e. The van der Waals surface area contributed by atoms with Crippen molar-refractivity contribution in [1.82, 2.24) is 10.6 Å². The Hall–Kier alpha value is -0.770. The number of alkyl carbamates (subject to hydrolysis) is 1. The first-order chi connectivity index (χ1) is 6.38. The highest BCUT2D eigenvalue weighted by Crippen LogP contribution is 2.10. The summed E-state index contributed by atoms with van der Waals surface area (Å²) in [6, 6.07) is 0.535. The molecule has 1 fully saturated rings. The van der Waals surface area contributed by atoms with E-state index in [-0.39, 0.29) is 12.1 Å². The molecule has 1 aliphatic heterocycles. The molecule has 82 valence electrons. The summed E-state index contributed by atoms with van der Waals surface area (Å²) in [6.45, 7) is 8.62. The van der Waals surface area contributed by atoms with Crippen LogP contribution in [0.4, 0.5) is 4.79 Å². The van der Waals surface area contributed by atoms with E-state index in [2.05, 4.69) is 17.6 Å². The monoisotopic (exact) mass is 200 g/mol. The Morgan fingerprint density at radius 1 is 1.50 bits per heavy atom. The van der Waals surface area contributed by atoms with Gasteiger partial charge in [-0.2, -0.15) is 0 Å². The summed E-state index contributed by atoms with van der Waals surface area (Å²) in [5.41, 5.74) is -0.417. The van der Waals surface area contributed by atoms with Gasteiger partial charge < -0.3 is 15.4 Å². The number of amides is 1. The fourth-order valence-electron chi connectivity index (χ4n) is 1.51. The molecule has 0 bridgehead atoms. The van der Waals surface area contributed by atoms with E-state index in [4.69, 9.17) is 4.74 Å². The van der Waals surface area contributed by atoms with Gasteiger partial charge in [0.1, 0.15) is 5.60 Å². The van der Waals surface area contributed by atoms with Gasteiger partial charge in [0.15, 0.2) is 0 Å². The Bertz CT molecular complexity index is 211. The van der Waals surface area contributed by atoms with Crippen molar-refractivity contribution in [2.75, 3.05) is 6.54 Å². The van der Waals surface area contributed by atoms with Crippen molar-refractivity contribution in [3.8, 4) is 0 Å². The van der Waals surface area contributed by atoms with Gasteiger partial charge >= 0.3 is 6.09 Å². The van der Waals surface area contributed by atoms with Crippen LogP contribution in [-0.4, -0.2) is 30.3 Å². The second-order valence-corrected chi connectivity index (χ2v) is 4.78. The molecule has 0 aromatic rings. The van der Waals surface area contributed by atoms with Crippen molar-refractivity contribution in [2.24, 2.45) is 0 Å². The first kappa shape index (κ1) is 11.3. The lowest BCUT2D eigenvalue weighted by molar-refractivity contribution is 0.0501. The lowest BCUT2D eigenvalue weighted by atomic mass is 10.1. The topological polar surface area (TPSA) is 50.4 Å². The summed E-state index contributed by atoms with van der Waals surface area (Å²) in [5.74, 6) is 0. The van der Waals surface area contributed by atoms with Crippen LogP contribution in [-0.2, 0) is 4.74 Å². The van der Waals surface area contributed by atoms with Crippen LogP contribution in [0, 0.1) is 0 Å². The molecular formula is C10H20N2O2. The molecule has 4 nitrogen and oxygen atoms in total. The SMILES string of the molecule is C[C@H]1NCC[C@@H]1NC(=O)OC(C)(C)C. The summed E-state index contributed by atoms with van der Waals surface area (Å²) >= 11 is 0. The van der Waals surface area contributed by atoms with Gasteiger partial charge in [-0.3, -0.25) is 0 Å². The van der Waals surface area contributed by atoms with Crippen molar-refractivity contribution >= 4 is 6.09 Å². The van der Waals surface area contributed by atoms with E-state index in [0.29, 0.717) is 6.04 Å². The minimum absolute atomic E-state index is 0.199. The molecule has 1 aliphatic rings.